The van der Waals surface area contributed by atoms with E-state index >= 15 is 0 Å². The quantitative estimate of drug-likeness (QED) is 0.185. The second kappa shape index (κ2) is 11.5. The van der Waals surface area contributed by atoms with Crippen LogP contribution in [0.4, 0.5) is 17.1 Å². The zero-order valence-corrected chi connectivity index (χ0v) is 27.9. The summed E-state index contributed by atoms with van der Waals surface area (Å²) < 4.78 is 0. The molecule has 0 heterocycles. The SMILES string of the molecule is CC1(C)c2ccccc2-c2cc(N(c3cccc(C4CCCCC4)c3)c3ccc4ccccc4c3-c3cccc4ccccc34)ccc21. The second-order valence-corrected chi connectivity index (χ2v) is 14.4. The van der Waals surface area contributed by atoms with Crippen molar-refractivity contribution in [3.8, 4) is 22.3 Å². The summed E-state index contributed by atoms with van der Waals surface area (Å²) in [6.45, 7) is 4.73. The van der Waals surface area contributed by atoms with Crippen LogP contribution in [0.5, 0.6) is 0 Å². The highest BCUT2D eigenvalue weighted by Crippen LogP contribution is 2.52. The minimum atomic E-state index is -0.0345. The van der Waals surface area contributed by atoms with Crippen LogP contribution < -0.4 is 4.90 Å². The summed E-state index contributed by atoms with van der Waals surface area (Å²) in [5.74, 6) is 0.627. The minimum Gasteiger partial charge on any atom is -0.310 e. The van der Waals surface area contributed by atoms with Gasteiger partial charge in [0.05, 0.1) is 5.69 Å². The van der Waals surface area contributed by atoms with Gasteiger partial charge in [-0.2, -0.15) is 0 Å². The van der Waals surface area contributed by atoms with Gasteiger partial charge in [-0.15, -0.1) is 0 Å². The van der Waals surface area contributed by atoms with Gasteiger partial charge in [-0.25, -0.2) is 0 Å². The van der Waals surface area contributed by atoms with Gasteiger partial charge in [0.15, 0.2) is 0 Å². The molecule has 1 nitrogen and oxygen atoms in total. The molecule has 0 atom stereocenters. The summed E-state index contributed by atoms with van der Waals surface area (Å²) >= 11 is 0. The number of fused-ring (bicyclic) bond motifs is 5. The predicted molar refractivity (Wildman–Crippen MR) is 205 cm³/mol. The van der Waals surface area contributed by atoms with Gasteiger partial charge in [-0.05, 0) is 104 Å². The zero-order valence-electron chi connectivity index (χ0n) is 27.9. The molecule has 2 aliphatic rings. The molecule has 0 amide bonds. The zero-order chi connectivity index (χ0) is 32.2. The first-order valence-electron chi connectivity index (χ1n) is 17.7. The topological polar surface area (TPSA) is 3.24 Å². The predicted octanol–water partition coefficient (Wildman–Crippen LogP) is 13.5. The molecule has 0 unspecified atom stereocenters. The van der Waals surface area contributed by atoms with Crippen molar-refractivity contribution in [1.82, 2.24) is 0 Å². The van der Waals surface area contributed by atoms with Gasteiger partial charge >= 0.3 is 0 Å². The highest BCUT2D eigenvalue weighted by Gasteiger charge is 2.35. The Kier molecular flexibility index (Phi) is 6.97. The number of benzene rings is 7. The van der Waals surface area contributed by atoms with Crippen LogP contribution in [0, 0.1) is 0 Å². The van der Waals surface area contributed by atoms with Gasteiger partial charge in [0.1, 0.15) is 0 Å². The van der Waals surface area contributed by atoms with Crippen LogP contribution in [0.3, 0.4) is 0 Å². The molecule has 1 fully saturated rings. The molecule has 0 saturated heterocycles. The molecule has 1 saturated carbocycles. The first-order chi connectivity index (χ1) is 23.6. The maximum Gasteiger partial charge on any atom is 0.0546 e. The van der Waals surface area contributed by atoms with Crippen molar-refractivity contribution < 1.29 is 0 Å². The molecule has 0 aromatic heterocycles. The molecule has 0 spiro atoms. The van der Waals surface area contributed by atoms with Crippen LogP contribution in [0.15, 0.2) is 146 Å². The fourth-order valence-corrected chi connectivity index (χ4v) is 8.80. The number of nitrogens with zero attached hydrogens (tertiary/aromatic N) is 1. The van der Waals surface area contributed by atoms with Crippen LogP contribution in [-0.2, 0) is 5.41 Å². The molecule has 234 valence electrons. The Hall–Kier alpha value is -5.14. The summed E-state index contributed by atoms with van der Waals surface area (Å²) in [5.41, 5.74) is 13.1. The Morgan fingerprint density at radius 3 is 2.00 bits per heavy atom. The first kappa shape index (κ1) is 29.0. The average Bonchev–Trinajstić information content (AvgIpc) is 3.37. The third-order valence-electron chi connectivity index (χ3n) is 11.2. The molecule has 0 aliphatic heterocycles. The van der Waals surface area contributed by atoms with E-state index in [0.717, 1.165) is 0 Å². The van der Waals surface area contributed by atoms with E-state index in [1.54, 1.807) is 0 Å². The van der Waals surface area contributed by atoms with E-state index in [1.165, 1.54) is 110 Å². The first-order valence-corrected chi connectivity index (χ1v) is 17.7. The van der Waals surface area contributed by atoms with Crippen molar-refractivity contribution in [2.24, 2.45) is 0 Å². The van der Waals surface area contributed by atoms with Gasteiger partial charge in [0, 0.05) is 22.4 Å². The van der Waals surface area contributed by atoms with Gasteiger partial charge in [-0.3, -0.25) is 0 Å². The Morgan fingerprint density at radius 1 is 0.500 bits per heavy atom. The Labute approximate surface area is 284 Å². The number of rotatable bonds is 5. The Bertz CT molecular complexity index is 2310. The summed E-state index contributed by atoms with van der Waals surface area (Å²) in [5, 5.41) is 5.06. The van der Waals surface area contributed by atoms with Crippen LogP contribution in [0.2, 0.25) is 0 Å². The van der Waals surface area contributed by atoms with Crippen LogP contribution >= 0.6 is 0 Å². The Morgan fingerprint density at radius 2 is 1.15 bits per heavy atom. The minimum absolute atomic E-state index is 0.0345. The molecule has 0 N–H and O–H groups in total. The molecule has 7 aromatic carbocycles. The van der Waals surface area contributed by atoms with Gasteiger partial charge < -0.3 is 4.90 Å². The monoisotopic (exact) mass is 619 g/mol. The van der Waals surface area contributed by atoms with Crippen molar-refractivity contribution in [2.45, 2.75) is 57.3 Å². The second-order valence-electron chi connectivity index (χ2n) is 14.4. The lowest BCUT2D eigenvalue weighted by Crippen LogP contribution is -2.16. The van der Waals surface area contributed by atoms with Crippen molar-refractivity contribution in [2.75, 3.05) is 4.90 Å². The highest BCUT2D eigenvalue weighted by atomic mass is 15.1. The van der Waals surface area contributed by atoms with E-state index in [1.807, 2.05) is 0 Å². The molecule has 7 aromatic rings. The normalized spacial score (nSPS) is 15.4. The van der Waals surface area contributed by atoms with Gasteiger partial charge in [0.2, 0.25) is 0 Å². The lowest BCUT2D eigenvalue weighted by Gasteiger charge is -2.31. The number of hydrogen-bond acceptors (Lipinski definition) is 1. The van der Waals surface area contributed by atoms with Crippen LogP contribution in [0.1, 0.15) is 68.6 Å². The standard InChI is InChI=1S/C47H41N/c1-47(2)43-25-11-10-23-40(43)42-31-37(27-28-44(42)47)48(36-20-12-19-35(30-36)32-14-4-3-5-15-32)45-29-26-34-17-7-9-22-39(34)46(45)41-24-13-18-33-16-6-8-21-38(33)41/h6-13,16-32H,3-5,14-15H2,1-2H3. The summed E-state index contributed by atoms with van der Waals surface area (Å²) in [7, 11) is 0. The molecule has 48 heavy (non-hydrogen) atoms. The molecule has 9 rings (SSSR count). The maximum atomic E-state index is 2.55. The summed E-state index contributed by atoms with van der Waals surface area (Å²) in [6, 6.07) is 54.8. The summed E-state index contributed by atoms with van der Waals surface area (Å²) in [4.78, 5) is 2.55. The maximum absolute atomic E-state index is 2.55. The van der Waals surface area contributed by atoms with Gasteiger partial charge in [-0.1, -0.05) is 148 Å². The average molecular weight is 620 g/mol. The van der Waals surface area contributed by atoms with E-state index in [9.17, 15) is 0 Å². The third kappa shape index (κ3) is 4.67. The fraction of sp³-hybridized carbons (Fsp3) is 0.191. The molecule has 1 heteroatoms. The van der Waals surface area contributed by atoms with Crippen molar-refractivity contribution in [3.05, 3.63) is 162 Å². The Balaban J connectivity index is 1.33. The van der Waals surface area contributed by atoms with E-state index in [4.69, 9.17) is 0 Å². The molecule has 0 bridgehead atoms. The lowest BCUT2D eigenvalue weighted by atomic mass is 9.82. The largest absolute Gasteiger partial charge is 0.310 e. The molecule has 2 aliphatic carbocycles. The molecule has 0 radical (unpaired) electrons. The third-order valence-corrected chi connectivity index (χ3v) is 11.2. The van der Waals surface area contributed by atoms with E-state index in [-0.39, 0.29) is 5.41 Å². The fourth-order valence-electron chi connectivity index (χ4n) is 8.80. The van der Waals surface area contributed by atoms with Crippen molar-refractivity contribution >= 4 is 38.6 Å². The molecular formula is C47H41N. The van der Waals surface area contributed by atoms with Crippen molar-refractivity contribution in [1.29, 1.82) is 0 Å². The van der Waals surface area contributed by atoms with Crippen molar-refractivity contribution in [3.63, 3.8) is 0 Å². The van der Waals surface area contributed by atoms with Crippen LogP contribution in [-0.4, -0.2) is 0 Å². The van der Waals surface area contributed by atoms with E-state index in [0.29, 0.717) is 5.92 Å². The van der Waals surface area contributed by atoms with Gasteiger partial charge in [0.25, 0.3) is 0 Å². The summed E-state index contributed by atoms with van der Waals surface area (Å²) in [6.07, 6.45) is 6.58. The van der Waals surface area contributed by atoms with E-state index in [2.05, 4.69) is 164 Å². The number of anilines is 3. The smallest absolute Gasteiger partial charge is 0.0546 e. The lowest BCUT2D eigenvalue weighted by molar-refractivity contribution is 0.443. The highest BCUT2D eigenvalue weighted by molar-refractivity contribution is 6.11. The number of hydrogen-bond donors (Lipinski definition) is 0. The van der Waals surface area contributed by atoms with E-state index < -0.39 is 0 Å². The van der Waals surface area contributed by atoms with Crippen LogP contribution in [0.25, 0.3) is 43.8 Å². The molecular weight excluding hydrogens is 579 g/mol.